The smallest absolute Gasteiger partial charge is 0.178 e. The summed E-state index contributed by atoms with van der Waals surface area (Å²) in [4.78, 5) is 16.0. The monoisotopic (exact) mass is 347 g/mol. The molecule has 0 atom stereocenters. The van der Waals surface area contributed by atoms with Crippen LogP contribution in [0.3, 0.4) is 0 Å². The van der Waals surface area contributed by atoms with Crippen molar-refractivity contribution in [2.45, 2.75) is 6.92 Å². The summed E-state index contributed by atoms with van der Waals surface area (Å²) in [5.41, 5.74) is 0.720. The van der Waals surface area contributed by atoms with Gasteiger partial charge in [-0.15, -0.1) is 0 Å². The second-order valence-corrected chi connectivity index (χ2v) is 5.22. The second-order valence-electron chi connectivity index (χ2n) is 5.22. The van der Waals surface area contributed by atoms with E-state index in [1.165, 1.54) is 24.7 Å². The number of ether oxygens (including phenoxy) is 1. The van der Waals surface area contributed by atoms with Gasteiger partial charge < -0.3 is 15.4 Å². The largest absolute Gasteiger partial charge is 0.492 e. The molecule has 0 aliphatic rings. The maximum Gasteiger partial charge on any atom is 0.178 e. The first kappa shape index (κ1) is 16.6. The zero-order chi connectivity index (χ0) is 18.1. The first-order valence-corrected chi connectivity index (χ1v) is 7.32. The van der Waals surface area contributed by atoms with Crippen LogP contribution >= 0.6 is 0 Å². The lowest BCUT2D eigenvalue weighted by Gasteiger charge is -2.13. The summed E-state index contributed by atoms with van der Waals surface area (Å²) in [5.74, 6) is -1.14. The normalized spacial score (nSPS) is 10.8. The maximum absolute atomic E-state index is 13.8. The molecule has 0 unspecified atom stereocenters. The minimum atomic E-state index is -0.839. The lowest BCUT2D eigenvalue weighted by atomic mass is 10.2. The van der Waals surface area contributed by atoms with E-state index < -0.39 is 11.6 Å². The molecule has 2 N–H and O–H groups in total. The Morgan fingerprint density at radius 3 is 2.68 bits per heavy atom. The van der Waals surface area contributed by atoms with Crippen LogP contribution < -0.4 is 15.4 Å². The summed E-state index contributed by atoms with van der Waals surface area (Å²) in [5, 5.41) is 9.87. The number of nitrogens with zero attached hydrogens (tertiary/aromatic N) is 3. The zero-order valence-corrected chi connectivity index (χ0v) is 13.7. The van der Waals surface area contributed by atoms with Crippen molar-refractivity contribution >= 4 is 28.8 Å². The maximum atomic E-state index is 13.8. The fourth-order valence-electron chi connectivity index (χ4n) is 2.45. The number of ketones is 1. The first-order chi connectivity index (χ1) is 11.9. The van der Waals surface area contributed by atoms with Crippen molar-refractivity contribution < 1.29 is 18.3 Å². The molecule has 0 aliphatic carbocycles. The van der Waals surface area contributed by atoms with E-state index in [0.717, 1.165) is 12.1 Å². The molecule has 1 aromatic carbocycles. The summed E-state index contributed by atoms with van der Waals surface area (Å²) >= 11 is 0. The zero-order valence-electron chi connectivity index (χ0n) is 13.7. The summed E-state index contributed by atoms with van der Waals surface area (Å²) in [7, 11) is 2.96. The third kappa shape index (κ3) is 2.95. The van der Waals surface area contributed by atoms with Crippen molar-refractivity contribution in [1.82, 2.24) is 14.6 Å². The van der Waals surface area contributed by atoms with Crippen molar-refractivity contribution in [2.24, 2.45) is 0 Å². The minimum Gasteiger partial charge on any atom is -0.492 e. The highest BCUT2D eigenvalue weighted by molar-refractivity contribution is 6.00. The van der Waals surface area contributed by atoms with Crippen molar-refractivity contribution in [1.29, 1.82) is 0 Å². The van der Waals surface area contributed by atoms with Gasteiger partial charge in [0, 0.05) is 25.2 Å². The third-order valence-corrected chi connectivity index (χ3v) is 3.58. The van der Waals surface area contributed by atoms with Gasteiger partial charge in [-0.3, -0.25) is 4.79 Å². The van der Waals surface area contributed by atoms with Crippen molar-refractivity contribution in [3.63, 3.8) is 0 Å². The summed E-state index contributed by atoms with van der Waals surface area (Å²) in [6, 6.07) is 3.41. The lowest BCUT2D eigenvalue weighted by Crippen LogP contribution is -2.06. The number of Topliss-reactive ketones (excluding diaryl/α,β-unsaturated/α-hetero) is 1. The van der Waals surface area contributed by atoms with E-state index in [-0.39, 0.29) is 23.0 Å². The predicted octanol–water partition coefficient (Wildman–Crippen LogP) is 3.00. The van der Waals surface area contributed by atoms with E-state index in [0.29, 0.717) is 17.0 Å². The molecule has 130 valence electrons. The molecule has 0 amide bonds. The van der Waals surface area contributed by atoms with Gasteiger partial charge in [0.25, 0.3) is 0 Å². The van der Waals surface area contributed by atoms with Crippen LogP contribution in [0.15, 0.2) is 24.4 Å². The highest BCUT2D eigenvalue weighted by atomic mass is 19.1. The first-order valence-electron chi connectivity index (χ1n) is 7.32. The van der Waals surface area contributed by atoms with Gasteiger partial charge in [-0.25, -0.2) is 13.8 Å². The molecule has 0 radical (unpaired) electrons. The number of fused-ring (bicyclic) bond motifs is 1. The number of hydrogen-bond acceptors (Lipinski definition) is 6. The van der Waals surface area contributed by atoms with Crippen LogP contribution in [-0.4, -0.2) is 34.5 Å². The fourth-order valence-corrected chi connectivity index (χ4v) is 2.45. The predicted molar refractivity (Wildman–Crippen MR) is 88.7 cm³/mol. The molecule has 0 bridgehead atoms. The molecular formula is C16H15F2N5O2. The number of nitrogens with one attached hydrogen (secondary N) is 2. The molecule has 25 heavy (non-hydrogen) atoms. The Morgan fingerprint density at radius 1 is 1.28 bits per heavy atom. The third-order valence-electron chi connectivity index (χ3n) is 3.58. The van der Waals surface area contributed by atoms with Crippen LogP contribution in [-0.2, 0) is 0 Å². The van der Waals surface area contributed by atoms with Crippen molar-refractivity contribution in [3.05, 3.63) is 41.6 Å². The van der Waals surface area contributed by atoms with E-state index in [2.05, 4.69) is 20.7 Å². The van der Waals surface area contributed by atoms with Crippen LogP contribution in [0.1, 0.15) is 17.3 Å². The molecule has 0 aliphatic heterocycles. The van der Waals surface area contributed by atoms with Crippen molar-refractivity contribution in [2.75, 3.05) is 24.8 Å². The average Bonchev–Trinajstić information content (AvgIpc) is 2.97. The van der Waals surface area contributed by atoms with Gasteiger partial charge in [0.1, 0.15) is 17.5 Å². The van der Waals surface area contributed by atoms with Gasteiger partial charge in [0.05, 0.1) is 24.6 Å². The second kappa shape index (κ2) is 6.34. The van der Waals surface area contributed by atoms with Crippen LogP contribution in [0.4, 0.5) is 26.1 Å². The summed E-state index contributed by atoms with van der Waals surface area (Å²) in [6.07, 6.45) is 1.41. The molecule has 2 aromatic heterocycles. The van der Waals surface area contributed by atoms with Crippen LogP contribution in [0, 0.1) is 11.6 Å². The Morgan fingerprint density at radius 2 is 2.04 bits per heavy atom. The van der Waals surface area contributed by atoms with Gasteiger partial charge in [0.2, 0.25) is 0 Å². The number of hydrogen-bond donors (Lipinski definition) is 2. The topological polar surface area (TPSA) is 80.5 Å². The van der Waals surface area contributed by atoms with Crippen molar-refractivity contribution in [3.8, 4) is 5.75 Å². The number of carbonyl (C=O) groups excluding carboxylic acids is 1. The highest BCUT2D eigenvalue weighted by Crippen LogP contribution is 2.32. The number of anilines is 3. The number of aromatic nitrogens is 3. The van der Waals surface area contributed by atoms with Gasteiger partial charge in [-0.2, -0.15) is 9.61 Å². The molecule has 0 spiro atoms. The molecule has 2 heterocycles. The van der Waals surface area contributed by atoms with Crippen LogP contribution in [0.2, 0.25) is 0 Å². The quantitative estimate of drug-likeness (QED) is 0.691. The Bertz CT molecular complexity index is 971. The molecule has 9 heteroatoms. The minimum absolute atomic E-state index is 0.0720. The molecular weight excluding hydrogens is 332 g/mol. The van der Waals surface area contributed by atoms with E-state index in [4.69, 9.17) is 4.74 Å². The number of halogens is 2. The number of rotatable bonds is 5. The standard InChI is InChI=1S/C16H15F2N5O2/c1-8(24)10-7-20-23-14(19-2)6-13(22-16(10)23)21-12-5-9(17)4-11(18)15(12)25-3/h4-7,19H,1-3H3,(H,21,22). The molecule has 7 nitrogen and oxygen atoms in total. The number of benzene rings is 1. The molecule has 0 saturated carbocycles. The van der Waals surface area contributed by atoms with Crippen LogP contribution in [0.25, 0.3) is 5.65 Å². The molecule has 0 saturated heterocycles. The number of carbonyl (C=O) groups is 1. The Balaban J connectivity index is 2.14. The molecule has 3 aromatic rings. The molecule has 0 fully saturated rings. The lowest BCUT2D eigenvalue weighted by molar-refractivity contribution is 0.101. The highest BCUT2D eigenvalue weighted by Gasteiger charge is 2.16. The SMILES string of the molecule is CNc1cc(Nc2cc(F)cc(F)c2OC)nc2c(C(C)=O)cnn12. The van der Waals surface area contributed by atoms with Gasteiger partial charge in [-0.1, -0.05) is 0 Å². The van der Waals surface area contributed by atoms with E-state index in [9.17, 15) is 13.6 Å². The van der Waals surface area contributed by atoms with Gasteiger partial charge in [0.15, 0.2) is 23.0 Å². The van der Waals surface area contributed by atoms with E-state index in [1.54, 1.807) is 13.1 Å². The fraction of sp³-hybridized carbons (Fsp3) is 0.188. The van der Waals surface area contributed by atoms with E-state index >= 15 is 0 Å². The van der Waals surface area contributed by atoms with Gasteiger partial charge >= 0.3 is 0 Å². The Kier molecular flexibility index (Phi) is 4.22. The summed E-state index contributed by atoms with van der Waals surface area (Å²) < 4.78 is 33.8. The average molecular weight is 347 g/mol. The summed E-state index contributed by atoms with van der Waals surface area (Å²) in [6.45, 7) is 1.41. The number of methoxy groups -OCH3 is 1. The Labute approximate surface area is 141 Å². The van der Waals surface area contributed by atoms with Crippen LogP contribution in [0.5, 0.6) is 5.75 Å². The molecule has 3 rings (SSSR count). The van der Waals surface area contributed by atoms with Gasteiger partial charge in [-0.05, 0) is 6.92 Å². The Hall–Kier alpha value is -3.23. The van der Waals surface area contributed by atoms with E-state index in [1.807, 2.05) is 0 Å².